The van der Waals surface area contributed by atoms with E-state index in [1.54, 1.807) is 18.5 Å². The number of aromatic nitrogens is 2. The number of benzene rings is 2. The number of rotatable bonds is 5. The molecule has 4 nitrogen and oxygen atoms in total. The fraction of sp³-hybridized carbons (Fsp3) is 0.0476. The summed E-state index contributed by atoms with van der Waals surface area (Å²) < 4.78 is 5.91. The summed E-state index contributed by atoms with van der Waals surface area (Å²) >= 11 is 5.83. The topological polar surface area (TPSA) is 47.0 Å². The Morgan fingerprint density at radius 2 is 1.81 bits per heavy atom. The molecular formula is C21H16ClN3O. The smallest absolute Gasteiger partial charge is 0.138 e. The molecule has 0 unspecified atom stereocenters. The molecular weight excluding hydrogens is 346 g/mol. The molecule has 0 fully saturated rings. The van der Waals surface area contributed by atoms with Crippen molar-refractivity contribution in [3.05, 3.63) is 89.8 Å². The van der Waals surface area contributed by atoms with Crippen LogP contribution in [0.5, 0.6) is 5.75 Å². The highest BCUT2D eigenvalue weighted by Crippen LogP contribution is 2.28. The zero-order chi connectivity index (χ0) is 17.8. The number of halogens is 1. The predicted octanol–water partition coefficient (Wildman–Crippen LogP) is 5.61. The summed E-state index contributed by atoms with van der Waals surface area (Å²) in [6.07, 6.45) is 3.45. The molecule has 26 heavy (non-hydrogen) atoms. The number of hydrogen-bond acceptors (Lipinski definition) is 4. The standard InChI is InChI=1S/C21H16ClN3O/c22-20-9-6-17(13-24-20)25-21-19-8-7-18(12-16(19)10-11-23-21)26-14-15-4-2-1-3-5-15/h1-13H,14H2,(H,23,25). The Kier molecular flexibility index (Phi) is 4.67. The minimum absolute atomic E-state index is 0.460. The SMILES string of the molecule is Clc1ccc(Nc2nccc3cc(OCc4ccccc4)ccc23)cn1. The Labute approximate surface area is 156 Å². The van der Waals surface area contributed by atoms with Gasteiger partial charge in [-0.2, -0.15) is 0 Å². The lowest BCUT2D eigenvalue weighted by atomic mass is 10.1. The van der Waals surface area contributed by atoms with Crippen molar-refractivity contribution in [2.45, 2.75) is 6.61 Å². The quantitative estimate of drug-likeness (QED) is 0.469. The van der Waals surface area contributed by atoms with Gasteiger partial charge in [-0.05, 0) is 47.3 Å². The molecule has 0 aliphatic heterocycles. The number of ether oxygens (including phenoxy) is 1. The van der Waals surface area contributed by atoms with Crippen molar-refractivity contribution in [1.29, 1.82) is 0 Å². The number of anilines is 2. The molecule has 0 aliphatic carbocycles. The summed E-state index contributed by atoms with van der Waals surface area (Å²) in [4.78, 5) is 8.51. The van der Waals surface area contributed by atoms with Crippen LogP contribution in [0.15, 0.2) is 79.1 Å². The van der Waals surface area contributed by atoms with Crippen molar-refractivity contribution in [3.63, 3.8) is 0 Å². The van der Waals surface area contributed by atoms with Crippen LogP contribution in [0.2, 0.25) is 5.15 Å². The maximum absolute atomic E-state index is 5.91. The highest BCUT2D eigenvalue weighted by Gasteiger charge is 2.05. The lowest BCUT2D eigenvalue weighted by molar-refractivity contribution is 0.306. The van der Waals surface area contributed by atoms with Gasteiger partial charge in [0.1, 0.15) is 23.3 Å². The van der Waals surface area contributed by atoms with Crippen molar-refractivity contribution in [3.8, 4) is 5.75 Å². The molecule has 0 aliphatic rings. The zero-order valence-corrected chi connectivity index (χ0v) is 14.6. The van der Waals surface area contributed by atoms with Crippen LogP contribution in [0.25, 0.3) is 10.8 Å². The first-order valence-electron chi connectivity index (χ1n) is 8.22. The molecule has 0 atom stereocenters. The van der Waals surface area contributed by atoms with Gasteiger partial charge in [-0.1, -0.05) is 41.9 Å². The number of hydrogen-bond donors (Lipinski definition) is 1. The predicted molar refractivity (Wildman–Crippen MR) is 105 cm³/mol. The van der Waals surface area contributed by atoms with Gasteiger partial charge in [0, 0.05) is 11.6 Å². The highest BCUT2D eigenvalue weighted by molar-refractivity contribution is 6.29. The second-order valence-corrected chi connectivity index (χ2v) is 6.20. The fourth-order valence-corrected chi connectivity index (χ4v) is 2.78. The molecule has 2 aromatic heterocycles. The fourth-order valence-electron chi connectivity index (χ4n) is 2.67. The van der Waals surface area contributed by atoms with Crippen molar-refractivity contribution < 1.29 is 4.74 Å². The third-order valence-electron chi connectivity index (χ3n) is 3.97. The maximum atomic E-state index is 5.91. The molecule has 0 saturated heterocycles. The Balaban J connectivity index is 1.56. The molecule has 2 heterocycles. The Hall–Kier alpha value is -3.11. The molecule has 4 aromatic rings. The van der Waals surface area contributed by atoms with Crippen molar-refractivity contribution in [2.75, 3.05) is 5.32 Å². The van der Waals surface area contributed by atoms with Crippen LogP contribution in [-0.2, 0) is 6.61 Å². The van der Waals surface area contributed by atoms with Gasteiger partial charge in [-0.15, -0.1) is 0 Å². The summed E-state index contributed by atoms with van der Waals surface area (Å²) in [5, 5.41) is 5.80. The average molecular weight is 362 g/mol. The summed E-state index contributed by atoms with van der Waals surface area (Å²) in [5.74, 6) is 1.59. The van der Waals surface area contributed by atoms with Gasteiger partial charge in [0.05, 0.1) is 11.9 Å². The molecule has 2 aromatic carbocycles. The van der Waals surface area contributed by atoms with Crippen LogP contribution in [0.4, 0.5) is 11.5 Å². The van der Waals surface area contributed by atoms with Gasteiger partial charge in [-0.3, -0.25) is 0 Å². The summed E-state index contributed by atoms with van der Waals surface area (Å²) in [6.45, 7) is 0.541. The molecule has 0 radical (unpaired) electrons. The second-order valence-electron chi connectivity index (χ2n) is 5.81. The lowest BCUT2D eigenvalue weighted by Gasteiger charge is -2.11. The Morgan fingerprint density at radius 3 is 2.62 bits per heavy atom. The Morgan fingerprint density at radius 1 is 0.923 bits per heavy atom. The first kappa shape index (κ1) is 16.4. The van der Waals surface area contributed by atoms with Crippen LogP contribution in [0.3, 0.4) is 0 Å². The van der Waals surface area contributed by atoms with Gasteiger partial charge in [0.25, 0.3) is 0 Å². The van der Waals surface area contributed by atoms with Gasteiger partial charge < -0.3 is 10.1 Å². The summed E-state index contributed by atoms with van der Waals surface area (Å²) in [5.41, 5.74) is 1.97. The van der Waals surface area contributed by atoms with E-state index in [4.69, 9.17) is 16.3 Å². The van der Waals surface area contributed by atoms with Crippen LogP contribution in [0, 0.1) is 0 Å². The number of fused-ring (bicyclic) bond motifs is 1. The van der Waals surface area contributed by atoms with E-state index < -0.39 is 0 Å². The van der Waals surface area contributed by atoms with Gasteiger partial charge >= 0.3 is 0 Å². The summed E-state index contributed by atoms with van der Waals surface area (Å²) in [6, 6.07) is 21.7. The zero-order valence-electron chi connectivity index (χ0n) is 13.9. The molecule has 1 N–H and O–H groups in total. The van der Waals surface area contributed by atoms with E-state index in [0.717, 1.165) is 33.6 Å². The van der Waals surface area contributed by atoms with E-state index in [1.165, 1.54) is 0 Å². The Bertz CT molecular complexity index is 1020. The number of pyridine rings is 2. The van der Waals surface area contributed by atoms with Crippen LogP contribution < -0.4 is 10.1 Å². The third-order valence-corrected chi connectivity index (χ3v) is 4.20. The molecule has 5 heteroatoms. The average Bonchev–Trinajstić information content (AvgIpc) is 2.69. The largest absolute Gasteiger partial charge is 0.489 e. The molecule has 0 bridgehead atoms. The van der Waals surface area contributed by atoms with Crippen LogP contribution in [0.1, 0.15) is 5.56 Å². The van der Waals surface area contributed by atoms with Gasteiger partial charge in [0.2, 0.25) is 0 Å². The van der Waals surface area contributed by atoms with E-state index in [-0.39, 0.29) is 0 Å². The van der Waals surface area contributed by atoms with Crippen LogP contribution in [-0.4, -0.2) is 9.97 Å². The molecule has 0 spiro atoms. The van der Waals surface area contributed by atoms with Gasteiger partial charge in [0.15, 0.2) is 0 Å². The first-order valence-corrected chi connectivity index (χ1v) is 8.60. The van der Waals surface area contributed by atoms with Crippen molar-refractivity contribution >= 4 is 33.9 Å². The van der Waals surface area contributed by atoms with E-state index >= 15 is 0 Å². The number of nitrogens with one attached hydrogen (secondary N) is 1. The minimum atomic E-state index is 0.460. The number of nitrogens with zero attached hydrogens (tertiary/aromatic N) is 2. The highest BCUT2D eigenvalue weighted by atomic mass is 35.5. The second kappa shape index (κ2) is 7.42. The first-order chi connectivity index (χ1) is 12.8. The molecule has 128 valence electrons. The lowest BCUT2D eigenvalue weighted by Crippen LogP contribution is -1.97. The third kappa shape index (κ3) is 3.76. The molecule has 0 saturated carbocycles. The monoisotopic (exact) mass is 361 g/mol. The van der Waals surface area contributed by atoms with Crippen LogP contribution >= 0.6 is 11.6 Å². The van der Waals surface area contributed by atoms with Crippen molar-refractivity contribution in [1.82, 2.24) is 9.97 Å². The molecule has 4 rings (SSSR count). The van der Waals surface area contributed by atoms with E-state index in [9.17, 15) is 0 Å². The van der Waals surface area contributed by atoms with E-state index in [0.29, 0.717) is 11.8 Å². The molecule has 0 amide bonds. The maximum Gasteiger partial charge on any atom is 0.138 e. The normalized spacial score (nSPS) is 10.7. The van der Waals surface area contributed by atoms with Crippen molar-refractivity contribution in [2.24, 2.45) is 0 Å². The minimum Gasteiger partial charge on any atom is -0.489 e. The van der Waals surface area contributed by atoms with E-state index in [1.807, 2.05) is 60.7 Å². The van der Waals surface area contributed by atoms with E-state index in [2.05, 4.69) is 15.3 Å². The van der Waals surface area contributed by atoms with Gasteiger partial charge in [-0.25, -0.2) is 9.97 Å². The summed E-state index contributed by atoms with van der Waals surface area (Å²) in [7, 11) is 0.